The molecule has 0 bridgehead atoms. The van der Waals surface area contributed by atoms with E-state index in [1.807, 2.05) is 32.0 Å². The number of rotatable bonds is 7. The molecule has 0 saturated heterocycles. The van der Waals surface area contributed by atoms with Crippen molar-refractivity contribution in [2.45, 2.75) is 44.0 Å². The van der Waals surface area contributed by atoms with Crippen molar-refractivity contribution < 1.29 is 9.53 Å². The molecule has 0 aliphatic heterocycles. The second kappa shape index (κ2) is 9.01. The molecular formula is C21H23N3O3S. The van der Waals surface area contributed by atoms with Gasteiger partial charge in [0.1, 0.15) is 11.1 Å². The predicted molar refractivity (Wildman–Crippen MR) is 111 cm³/mol. The number of hydrogen-bond acceptors (Lipinski definition) is 6. The highest BCUT2D eigenvalue weighted by Crippen LogP contribution is 2.25. The van der Waals surface area contributed by atoms with Crippen LogP contribution in [-0.4, -0.2) is 32.4 Å². The van der Waals surface area contributed by atoms with Crippen LogP contribution in [0.1, 0.15) is 32.3 Å². The van der Waals surface area contributed by atoms with Crippen LogP contribution in [0.25, 0.3) is 16.7 Å². The number of ether oxygens (including phenoxy) is 1. The summed E-state index contributed by atoms with van der Waals surface area (Å²) in [6.07, 6.45) is 3.44. The third-order valence-corrected chi connectivity index (χ3v) is 5.26. The molecule has 0 spiro atoms. The molecule has 28 heavy (non-hydrogen) atoms. The SMILES string of the molecule is CCCCOC(=O)C(C)Sc1nc2ccccc2c(=O)n1-c1cc(C)ccn1. The van der Waals surface area contributed by atoms with E-state index in [0.29, 0.717) is 28.5 Å². The number of aromatic nitrogens is 3. The zero-order valence-corrected chi connectivity index (χ0v) is 17.0. The molecular weight excluding hydrogens is 374 g/mol. The van der Waals surface area contributed by atoms with Crippen molar-refractivity contribution in [1.29, 1.82) is 0 Å². The number of fused-ring (bicyclic) bond motifs is 1. The highest BCUT2D eigenvalue weighted by Gasteiger charge is 2.21. The summed E-state index contributed by atoms with van der Waals surface area (Å²) >= 11 is 1.20. The van der Waals surface area contributed by atoms with Crippen LogP contribution < -0.4 is 5.56 Å². The Hall–Kier alpha value is -2.67. The first-order valence-corrected chi connectivity index (χ1v) is 10.2. The maximum Gasteiger partial charge on any atom is 0.319 e. The molecule has 0 amide bonds. The number of aryl methyl sites for hydroxylation is 1. The smallest absolute Gasteiger partial charge is 0.319 e. The van der Waals surface area contributed by atoms with Gasteiger partial charge < -0.3 is 4.74 Å². The van der Waals surface area contributed by atoms with Gasteiger partial charge in [-0.05, 0) is 50.1 Å². The molecule has 146 valence electrons. The van der Waals surface area contributed by atoms with Crippen LogP contribution in [0.5, 0.6) is 0 Å². The molecule has 1 aromatic carbocycles. The number of para-hydroxylation sites is 1. The van der Waals surface area contributed by atoms with Gasteiger partial charge in [0.05, 0.1) is 17.5 Å². The zero-order chi connectivity index (χ0) is 20.1. The molecule has 1 atom stereocenters. The summed E-state index contributed by atoms with van der Waals surface area (Å²) in [5.41, 5.74) is 1.36. The Kier molecular flexibility index (Phi) is 6.46. The van der Waals surface area contributed by atoms with E-state index < -0.39 is 5.25 Å². The molecule has 0 radical (unpaired) electrons. The molecule has 1 unspecified atom stereocenters. The quantitative estimate of drug-likeness (QED) is 0.260. The van der Waals surface area contributed by atoms with Gasteiger partial charge in [-0.1, -0.05) is 37.2 Å². The van der Waals surface area contributed by atoms with Gasteiger partial charge in [-0.3, -0.25) is 9.59 Å². The molecule has 3 rings (SSSR count). The lowest BCUT2D eigenvalue weighted by Crippen LogP contribution is -2.25. The minimum absolute atomic E-state index is 0.210. The van der Waals surface area contributed by atoms with Crippen molar-refractivity contribution in [2.75, 3.05) is 6.61 Å². The fraction of sp³-hybridized carbons (Fsp3) is 0.333. The van der Waals surface area contributed by atoms with Gasteiger partial charge >= 0.3 is 5.97 Å². The first-order valence-electron chi connectivity index (χ1n) is 9.29. The standard InChI is InChI=1S/C21H23N3O3S/c1-4-5-12-27-20(26)15(3)28-21-23-17-9-7-6-8-16(17)19(25)24(21)18-13-14(2)10-11-22-18/h6-11,13,15H,4-5,12H2,1-3H3. The molecule has 0 aliphatic carbocycles. The number of esters is 1. The highest BCUT2D eigenvalue weighted by atomic mass is 32.2. The molecule has 2 aromatic heterocycles. The van der Waals surface area contributed by atoms with Crippen LogP contribution >= 0.6 is 11.8 Å². The highest BCUT2D eigenvalue weighted by molar-refractivity contribution is 8.00. The van der Waals surface area contributed by atoms with Gasteiger partial charge in [-0.25, -0.2) is 14.5 Å². The second-order valence-corrected chi connectivity index (χ2v) is 7.83. The fourth-order valence-electron chi connectivity index (χ4n) is 2.68. The third kappa shape index (κ3) is 4.42. The summed E-state index contributed by atoms with van der Waals surface area (Å²) in [6.45, 7) is 6.13. The molecule has 0 N–H and O–H groups in total. The van der Waals surface area contributed by atoms with Gasteiger partial charge in [-0.2, -0.15) is 0 Å². The molecule has 0 saturated carbocycles. The van der Waals surface area contributed by atoms with E-state index in [9.17, 15) is 9.59 Å². The molecule has 6 nitrogen and oxygen atoms in total. The number of thioether (sulfide) groups is 1. The van der Waals surface area contributed by atoms with Gasteiger partial charge in [0.2, 0.25) is 0 Å². The van der Waals surface area contributed by atoms with Crippen molar-refractivity contribution in [2.24, 2.45) is 0 Å². The Morgan fingerprint density at radius 3 is 2.82 bits per heavy atom. The number of carbonyl (C=O) groups is 1. The summed E-state index contributed by atoms with van der Waals surface area (Å²) in [5.74, 6) is 0.168. The van der Waals surface area contributed by atoms with Crippen LogP contribution in [0.15, 0.2) is 52.5 Å². The lowest BCUT2D eigenvalue weighted by Gasteiger charge is -2.15. The Morgan fingerprint density at radius 1 is 1.29 bits per heavy atom. The van der Waals surface area contributed by atoms with Gasteiger partial charge in [0, 0.05) is 6.20 Å². The number of pyridine rings is 1. The van der Waals surface area contributed by atoms with Crippen molar-refractivity contribution >= 4 is 28.6 Å². The van der Waals surface area contributed by atoms with Crippen LogP contribution in [0.2, 0.25) is 0 Å². The minimum atomic E-state index is -0.499. The van der Waals surface area contributed by atoms with Crippen molar-refractivity contribution in [3.05, 3.63) is 58.5 Å². The van der Waals surface area contributed by atoms with E-state index in [0.717, 1.165) is 18.4 Å². The molecule has 0 aliphatic rings. The van der Waals surface area contributed by atoms with Crippen LogP contribution in [0.3, 0.4) is 0 Å². The van der Waals surface area contributed by atoms with E-state index in [1.165, 1.54) is 16.3 Å². The second-order valence-electron chi connectivity index (χ2n) is 6.52. The van der Waals surface area contributed by atoms with Crippen LogP contribution in [0, 0.1) is 6.92 Å². The number of nitrogens with zero attached hydrogens (tertiary/aromatic N) is 3. The molecule has 3 aromatic rings. The maximum absolute atomic E-state index is 13.2. The summed E-state index contributed by atoms with van der Waals surface area (Å²) in [5, 5.41) is 0.427. The van der Waals surface area contributed by atoms with Crippen LogP contribution in [-0.2, 0) is 9.53 Å². The Labute approximate surface area is 168 Å². The van der Waals surface area contributed by atoms with Gasteiger partial charge in [0.25, 0.3) is 5.56 Å². The van der Waals surface area contributed by atoms with Crippen molar-refractivity contribution in [3.8, 4) is 5.82 Å². The lowest BCUT2D eigenvalue weighted by atomic mass is 10.2. The van der Waals surface area contributed by atoms with Gasteiger partial charge in [0.15, 0.2) is 5.16 Å². The number of benzene rings is 1. The van der Waals surface area contributed by atoms with Crippen LogP contribution in [0.4, 0.5) is 0 Å². The summed E-state index contributed by atoms with van der Waals surface area (Å²) in [7, 11) is 0. The Morgan fingerprint density at radius 2 is 2.07 bits per heavy atom. The first-order chi connectivity index (χ1) is 13.5. The third-order valence-electron chi connectivity index (χ3n) is 4.23. The first kappa shape index (κ1) is 20.1. The zero-order valence-electron chi connectivity index (χ0n) is 16.2. The average molecular weight is 398 g/mol. The molecule has 0 fully saturated rings. The Balaban J connectivity index is 2.04. The lowest BCUT2D eigenvalue weighted by molar-refractivity contribution is -0.142. The number of hydrogen-bond donors (Lipinski definition) is 0. The topological polar surface area (TPSA) is 74.1 Å². The largest absolute Gasteiger partial charge is 0.465 e. The summed E-state index contributed by atoms with van der Waals surface area (Å²) in [4.78, 5) is 34.5. The maximum atomic E-state index is 13.2. The van der Waals surface area contributed by atoms with E-state index >= 15 is 0 Å². The summed E-state index contributed by atoms with van der Waals surface area (Å²) in [6, 6.07) is 10.9. The van der Waals surface area contributed by atoms with E-state index in [1.54, 1.807) is 31.3 Å². The fourth-order valence-corrected chi connectivity index (χ4v) is 3.59. The van der Waals surface area contributed by atoms with Crippen molar-refractivity contribution in [1.82, 2.24) is 14.5 Å². The summed E-state index contributed by atoms with van der Waals surface area (Å²) < 4.78 is 6.78. The average Bonchev–Trinajstić information content (AvgIpc) is 2.68. The van der Waals surface area contributed by atoms with E-state index in [-0.39, 0.29) is 11.5 Å². The molecule has 7 heteroatoms. The van der Waals surface area contributed by atoms with Crippen molar-refractivity contribution in [3.63, 3.8) is 0 Å². The number of carbonyl (C=O) groups excluding carboxylic acids is 1. The predicted octanol–water partition coefficient (Wildman–Crippen LogP) is 3.91. The minimum Gasteiger partial charge on any atom is -0.465 e. The molecule has 2 heterocycles. The number of unbranched alkanes of at least 4 members (excludes halogenated alkanes) is 1. The van der Waals surface area contributed by atoms with E-state index in [4.69, 9.17) is 4.74 Å². The monoisotopic (exact) mass is 397 g/mol. The van der Waals surface area contributed by atoms with Gasteiger partial charge in [-0.15, -0.1) is 0 Å². The van der Waals surface area contributed by atoms with E-state index in [2.05, 4.69) is 9.97 Å². The normalized spacial score (nSPS) is 12.1. The Bertz CT molecular complexity index is 1050.